The Balaban J connectivity index is 1.71. The molecule has 1 aromatic carbocycles. The molecule has 1 atom stereocenters. The molecule has 0 saturated carbocycles. The second kappa shape index (κ2) is 6.57. The lowest BCUT2D eigenvalue weighted by Crippen LogP contribution is -2.42. The van der Waals surface area contributed by atoms with Crippen molar-refractivity contribution in [2.45, 2.75) is 19.0 Å². The van der Waals surface area contributed by atoms with Crippen molar-refractivity contribution in [1.29, 1.82) is 0 Å². The Hall–Kier alpha value is -2.67. The van der Waals surface area contributed by atoms with Crippen molar-refractivity contribution in [3.8, 4) is 0 Å². The van der Waals surface area contributed by atoms with Crippen molar-refractivity contribution >= 4 is 29.3 Å². The molecule has 4 rings (SSSR count). The van der Waals surface area contributed by atoms with Gasteiger partial charge >= 0.3 is 6.09 Å². The van der Waals surface area contributed by atoms with Gasteiger partial charge in [0.2, 0.25) is 0 Å². The number of aromatic nitrogens is 1. The van der Waals surface area contributed by atoms with Crippen LogP contribution < -0.4 is 4.90 Å². The summed E-state index contributed by atoms with van der Waals surface area (Å²) in [6, 6.07) is 7.11. The number of nitrogens with zero attached hydrogens (tertiary/aromatic N) is 3. The number of ether oxygens (including phenoxy) is 1. The lowest BCUT2D eigenvalue weighted by Gasteiger charge is -2.32. The van der Waals surface area contributed by atoms with Gasteiger partial charge in [0.05, 0.1) is 11.7 Å². The third kappa shape index (κ3) is 2.99. The number of carbonyl (C=O) groups is 2. The molecule has 134 valence electrons. The van der Waals surface area contributed by atoms with Gasteiger partial charge in [0, 0.05) is 24.8 Å². The predicted octanol–water partition coefficient (Wildman–Crippen LogP) is 3.25. The minimum atomic E-state index is -0.484. The van der Waals surface area contributed by atoms with Crippen molar-refractivity contribution in [3.63, 3.8) is 0 Å². The van der Waals surface area contributed by atoms with Gasteiger partial charge in [-0.15, -0.1) is 0 Å². The molecule has 1 saturated heterocycles. The lowest BCUT2D eigenvalue weighted by atomic mass is 10.0. The molecular formula is C18H15ClFN3O3. The van der Waals surface area contributed by atoms with Crippen LogP contribution in [0.2, 0.25) is 5.15 Å². The first-order valence-electron chi connectivity index (χ1n) is 8.18. The summed E-state index contributed by atoms with van der Waals surface area (Å²) in [6.07, 6.45) is 1.53. The Morgan fingerprint density at radius 1 is 1.31 bits per heavy atom. The van der Waals surface area contributed by atoms with E-state index in [4.69, 9.17) is 16.3 Å². The molecule has 1 fully saturated rings. The summed E-state index contributed by atoms with van der Waals surface area (Å²) in [6.45, 7) is 0.913. The molecule has 0 spiro atoms. The van der Waals surface area contributed by atoms with Crippen LogP contribution in [0.4, 0.5) is 14.9 Å². The molecule has 0 unspecified atom stereocenters. The monoisotopic (exact) mass is 375 g/mol. The second-order valence-corrected chi connectivity index (χ2v) is 6.64. The van der Waals surface area contributed by atoms with Crippen LogP contribution in [0.15, 0.2) is 36.5 Å². The topological polar surface area (TPSA) is 62.7 Å². The molecule has 0 aliphatic carbocycles. The van der Waals surface area contributed by atoms with Crippen LogP contribution in [0.1, 0.15) is 22.3 Å². The molecule has 0 N–H and O–H groups in total. The Kier molecular flexibility index (Phi) is 4.24. The predicted molar refractivity (Wildman–Crippen MR) is 92.6 cm³/mol. The summed E-state index contributed by atoms with van der Waals surface area (Å²) in [5.74, 6) is -0.634. The van der Waals surface area contributed by atoms with E-state index in [1.54, 1.807) is 17.0 Å². The number of carbonyl (C=O) groups excluding carboxylic acids is 2. The molecule has 2 aliphatic rings. The summed E-state index contributed by atoms with van der Waals surface area (Å²) in [5, 5.41) is 0.242. The van der Waals surface area contributed by atoms with E-state index in [-0.39, 0.29) is 30.3 Å². The minimum Gasteiger partial charge on any atom is -0.447 e. The van der Waals surface area contributed by atoms with Crippen molar-refractivity contribution in [2.24, 2.45) is 0 Å². The van der Waals surface area contributed by atoms with E-state index in [9.17, 15) is 14.0 Å². The third-order valence-corrected chi connectivity index (χ3v) is 4.83. The van der Waals surface area contributed by atoms with Gasteiger partial charge in [-0.2, -0.15) is 0 Å². The number of anilines is 1. The van der Waals surface area contributed by atoms with Crippen molar-refractivity contribution in [2.75, 3.05) is 18.1 Å². The summed E-state index contributed by atoms with van der Waals surface area (Å²) < 4.78 is 18.9. The molecule has 2 aromatic rings. The molecule has 3 heterocycles. The van der Waals surface area contributed by atoms with Gasteiger partial charge in [-0.3, -0.25) is 9.69 Å². The van der Waals surface area contributed by atoms with E-state index in [1.807, 2.05) is 0 Å². The van der Waals surface area contributed by atoms with Crippen LogP contribution in [0.25, 0.3) is 0 Å². The Bertz CT molecular complexity index is 892. The lowest BCUT2D eigenvalue weighted by molar-refractivity contribution is 0.0734. The zero-order chi connectivity index (χ0) is 18.3. The van der Waals surface area contributed by atoms with Gasteiger partial charge in [0.25, 0.3) is 5.91 Å². The van der Waals surface area contributed by atoms with E-state index in [0.29, 0.717) is 29.8 Å². The van der Waals surface area contributed by atoms with Crippen LogP contribution in [-0.4, -0.2) is 41.1 Å². The molecular weight excluding hydrogens is 361 g/mol. The van der Waals surface area contributed by atoms with Crippen molar-refractivity contribution in [3.05, 3.63) is 58.6 Å². The summed E-state index contributed by atoms with van der Waals surface area (Å²) in [7, 11) is 0. The molecule has 1 aromatic heterocycles. The number of halogens is 2. The van der Waals surface area contributed by atoms with Crippen LogP contribution in [0, 0.1) is 5.82 Å². The van der Waals surface area contributed by atoms with Gasteiger partial charge in [0.15, 0.2) is 0 Å². The number of benzene rings is 1. The van der Waals surface area contributed by atoms with Gasteiger partial charge in [0.1, 0.15) is 17.6 Å². The number of hydrogen-bond donors (Lipinski definition) is 0. The Labute approximate surface area is 154 Å². The molecule has 6 nitrogen and oxygen atoms in total. The molecule has 0 radical (unpaired) electrons. The summed E-state index contributed by atoms with van der Waals surface area (Å²) >= 11 is 5.89. The molecule has 2 aliphatic heterocycles. The number of pyridine rings is 1. The molecule has 0 bridgehead atoms. The van der Waals surface area contributed by atoms with Crippen molar-refractivity contribution < 1.29 is 18.7 Å². The second-order valence-electron chi connectivity index (χ2n) is 6.26. The quantitative estimate of drug-likeness (QED) is 0.718. The van der Waals surface area contributed by atoms with Crippen LogP contribution >= 0.6 is 11.6 Å². The number of fused-ring (bicyclic) bond motifs is 3. The van der Waals surface area contributed by atoms with E-state index in [2.05, 4.69) is 4.98 Å². The normalized spacial score (nSPS) is 19.3. The number of cyclic esters (lactones) is 1. The fourth-order valence-corrected chi connectivity index (χ4v) is 3.52. The van der Waals surface area contributed by atoms with Crippen LogP contribution in [-0.2, 0) is 11.3 Å². The number of rotatable bonds is 1. The fraction of sp³-hybridized carbons (Fsp3) is 0.278. The highest BCUT2D eigenvalue weighted by Crippen LogP contribution is 2.32. The first-order chi connectivity index (χ1) is 12.5. The van der Waals surface area contributed by atoms with Crippen LogP contribution in [0.3, 0.4) is 0 Å². The van der Waals surface area contributed by atoms with Gasteiger partial charge in [-0.25, -0.2) is 14.2 Å². The molecule has 2 amide bonds. The SMILES string of the molecule is O=C(c1ccnc(Cl)c1)N1CC[C@H]2COC(=O)N2c2cc(F)ccc2C1. The van der Waals surface area contributed by atoms with E-state index in [1.165, 1.54) is 29.3 Å². The maximum atomic E-state index is 13.8. The highest BCUT2D eigenvalue weighted by atomic mass is 35.5. The Morgan fingerprint density at radius 3 is 2.96 bits per heavy atom. The van der Waals surface area contributed by atoms with E-state index in [0.717, 1.165) is 0 Å². The first kappa shape index (κ1) is 16.8. The smallest absolute Gasteiger partial charge is 0.414 e. The maximum absolute atomic E-state index is 13.8. The van der Waals surface area contributed by atoms with E-state index >= 15 is 0 Å². The van der Waals surface area contributed by atoms with E-state index < -0.39 is 11.9 Å². The zero-order valence-electron chi connectivity index (χ0n) is 13.7. The molecule has 8 heteroatoms. The zero-order valence-corrected chi connectivity index (χ0v) is 14.4. The highest BCUT2D eigenvalue weighted by Gasteiger charge is 2.38. The fourth-order valence-electron chi connectivity index (χ4n) is 3.34. The third-order valence-electron chi connectivity index (χ3n) is 4.62. The number of amides is 2. The average molecular weight is 376 g/mol. The summed E-state index contributed by atoms with van der Waals surface area (Å²) in [4.78, 5) is 32.1. The maximum Gasteiger partial charge on any atom is 0.414 e. The average Bonchev–Trinajstić information content (AvgIpc) is 2.97. The molecule has 26 heavy (non-hydrogen) atoms. The minimum absolute atomic E-state index is 0.191. The van der Waals surface area contributed by atoms with Crippen molar-refractivity contribution in [1.82, 2.24) is 9.88 Å². The summed E-state index contributed by atoms with van der Waals surface area (Å²) in [5.41, 5.74) is 1.57. The van der Waals surface area contributed by atoms with Gasteiger partial charge in [-0.1, -0.05) is 17.7 Å². The first-order valence-corrected chi connectivity index (χ1v) is 8.56. The standard InChI is InChI=1S/C18H15ClFN3O3/c19-16-7-11(3-5-21-16)17(24)22-6-4-14-10-26-18(25)23(14)15-8-13(20)2-1-12(15)9-22/h1-3,5,7-8,14H,4,6,9-10H2/t14-/m0/s1. The van der Waals surface area contributed by atoms with Gasteiger partial charge < -0.3 is 9.64 Å². The van der Waals surface area contributed by atoms with Gasteiger partial charge in [-0.05, 0) is 36.2 Å². The largest absolute Gasteiger partial charge is 0.447 e. The number of hydrogen-bond acceptors (Lipinski definition) is 4. The Morgan fingerprint density at radius 2 is 2.15 bits per heavy atom. The highest BCUT2D eigenvalue weighted by molar-refractivity contribution is 6.29. The van der Waals surface area contributed by atoms with Crippen LogP contribution in [0.5, 0.6) is 0 Å².